The lowest BCUT2D eigenvalue weighted by Gasteiger charge is -2.16. The molecule has 2 N–H and O–H groups in total. The van der Waals surface area contributed by atoms with Gasteiger partial charge in [0, 0.05) is 35.8 Å². The normalized spacial score (nSPS) is 11.8. The van der Waals surface area contributed by atoms with Gasteiger partial charge in [-0.2, -0.15) is 0 Å². The molecule has 2 aromatic heterocycles. The number of carboxylic acids is 1. The van der Waals surface area contributed by atoms with Crippen molar-refractivity contribution in [1.29, 1.82) is 0 Å². The van der Waals surface area contributed by atoms with Crippen LogP contribution in [0.5, 0.6) is 17.2 Å². The molecule has 4 aromatic rings. The van der Waals surface area contributed by atoms with Crippen molar-refractivity contribution >= 4 is 22.7 Å². The molecule has 4 rings (SSSR count). The Labute approximate surface area is 213 Å². The fourth-order valence-electron chi connectivity index (χ4n) is 4.09. The van der Waals surface area contributed by atoms with Gasteiger partial charge in [-0.25, -0.2) is 19.2 Å². The minimum absolute atomic E-state index is 0.302. The number of rotatable bonds is 11. The van der Waals surface area contributed by atoms with E-state index in [1.807, 2.05) is 24.5 Å². The fraction of sp³-hybridized carbons (Fsp3) is 0.296. The molecule has 1 unspecified atom stereocenters. The molecule has 0 saturated carbocycles. The summed E-state index contributed by atoms with van der Waals surface area (Å²) in [6.45, 7) is 6.63. The van der Waals surface area contributed by atoms with Gasteiger partial charge < -0.3 is 29.2 Å². The van der Waals surface area contributed by atoms with Gasteiger partial charge in [0.25, 0.3) is 0 Å². The van der Waals surface area contributed by atoms with Crippen molar-refractivity contribution in [1.82, 2.24) is 14.5 Å². The van der Waals surface area contributed by atoms with Gasteiger partial charge in [0.05, 0.1) is 24.9 Å². The molecule has 0 spiro atoms. The summed E-state index contributed by atoms with van der Waals surface area (Å²) in [4.78, 5) is 19.8. The maximum atomic E-state index is 14.6. The third-order valence-electron chi connectivity index (χ3n) is 5.90. The first-order valence-electron chi connectivity index (χ1n) is 11.9. The summed E-state index contributed by atoms with van der Waals surface area (Å²) in [5.41, 5.74) is 2.83. The van der Waals surface area contributed by atoms with Crippen molar-refractivity contribution in [3.05, 3.63) is 60.3 Å². The first-order chi connectivity index (χ1) is 17.8. The fourth-order valence-corrected chi connectivity index (χ4v) is 4.09. The molecule has 9 nitrogen and oxygen atoms in total. The van der Waals surface area contributed by atoms with Crippen molar-refractivity contribution in [2.75, 3.05) is 25.6 Å². The highest BCUT2D eigenvalue weighted by atomic mass is 19.1. The van der Waals surface area contributed by atoms with Crippen LogP contribution < -0.4 is 19.5 Å². The smallest absolute Gasteiger partial charge is 0.344 e. The number of aliphatic carboxylic acids is 1. The standard InChI is InChI=1S/C27H29FN4O5/c1-5-36-24-13-18(6-8-23(24)37-17(3)27(33)34)21-14-25(31-15-30-21)29-10-11-32-16(2)12-19-22(35-4)9-7-20(28)26(19)32/h6-9,12-15,17H,5,10-11H2,1-4H3,(H,33,34)(H,29,30,31). The van der Waals surface area contributed by atoms with E-state index in [4.69, 9.17) is 19.3 Å². The maximum Gasteiger partial charge on any atom is 0.344 e. The average molecular weight is 509 g/mol. The van der Waals surface area contributed by atoms with Gasteiger partial charge in [-0.3, -0.25) is 0 Å². The first kappa shape index (κ1) is 25.7. The van der Waals surface area contributed by atoms with Crippen molar-refractivity contribution in [2.24, 2.45) is 0 Å². The van der Waals surface area contributed by atoms with E-state index < -0.39 is 12.1 Å². The molecular formula is C27H29FN4O5. The van der Waals surface area contributed by atoms with Crippen molar-refractivity contribution in [3.8, 4) is 28.5 Å². The Hall–Kier alpha value is -4.34. The third-order valence-corrected chi connectivity index (χ3v) is 5.90. The van der Waals surface area contributed by atoms with Crippen LogP contribution in [0.25, 0.3) is 22.2 Å². The van der Waals surface area contributed by atoms with Gasteiger partial charge >= 0.3 is 5.97 Å². The average Bonchev–Trinajstić information content (AvgIpc) is 3.22. The Bertz CT molecular complexity index is 1420. The maximum absolute atomic E-state index is 14.6. The molecule has 1 atom stereocenters. The van der Waals surface area contributed by atoms with E-state index in [-0.39, 0.29) is 5.82 Å². The van der Waals surface area contributed by atoms with Crippen LogP contribution in [-0.2, 0) is 11.3 Å². The molecule has 2 aromatic carbocycles. The van der Waals surface area contributed by atoms with Crippen LogP contribution >= 0.6 is 0 Å². The predicted molar refractivity (Wildman–Crippen MR) is 138 cm³/mol. The number of aryl methyl sites for hydroxylation is 1. The van der Waals surface area contributed by atoms with E-state index in [2.05, 4.69) is 15.3 Å². The molecule has 37 heavy (non-hydrogen) atoms. The Morgan fingerprint density at radius 2 is 1.92 bits per heavy atom. The highest BCUT2D eigenvalue weighted by Gasteiger charge is 2.17. The number of hydrogen-bond acceptors (Lipinski definition) is 7. The summed E-state index contributed by atoms with van der Waals surface area (Å²) in [7, 11) is 1.57. The van der Waals surface area contributed by atoms with E-state index in [0.29, 0.717) is 54.0 Å². The minimum atomic E-state index is -1.07. The first-order valence-corrected chi connectivity index (χ1v) is 11.9. The van der Waals surface area contributed by atoms with Gasteiger partial charge in [0.15, 0.2) is 17.6 Å². The second-order valence-corrected chi connectivity index (χ2v) is 8.36. The Morgan fingerprint density at radius 3 is 2.65 bits per heavy atom. The number of benzene rings is 2. The second kappa shape index (κ2) is 11.2. The Balaban J connectivity index is 1.51. The van der Waals surface area contributed by atoms with Crippen molar-refractivity contribution in [2.45, 2.75) is 33.4 Å². The molecule has 10 heteroatoms. The van der Waals surface area contributed by atoms with Crippen molar-refractivity contribution < 1.29 is 28.5 Å². The van der Waals surface area contributed by atoms with Crippen LogP contribution in [0.1, 0.15) is 19.5 Å². The quantitative estimate of drug-likeness (QED) is 0.294. The second-order valence-electron chi connectivity index (χ2n) is 8.36. The molecule has 0 radical (unpaired) electrons. The zero-order valence-electron chi connectivity index (χ0n) is 21.1. The summed E-state index contributed by atoms with van der Waals surface area (Å²) in [5, 5.41) is 13.2. The minimum Gasteiger partial charge on any atom is -0.496 e. The van der Waals surface area contributed by atoms with Crippen LogP contribution in [0.15, 0.2) is 48.8 Å². The highest BCUT2D eigenvalue weighted by Crippen LogP contribution is 2.34. The lowest BCUT2D eigenvalue weighted by Crippen LogP contribution is -2.23. The molecule has 0 aliphatic rings. The number of nitrogens with one attached hydrogen (secondary N) is 1. The van der Waals surface area contributed by atoms with E-state index in [9.17, 15) is 9.18 Å². The zero-order valence-corrected chi connectivity index (χ0v) is 21.1. The summed E-state index contributed by atoms with van der Waals surface area (Å²) >= 11 is 0. The van der Waals surface area contributed by atoms with E-state index in [0.717, 1.165) is 16.6 Å². The number of ether oxygens (including phenoxy) is 3. The van der Waals surface area contributed by atoms with Crippen LogP contribution in [0.4, 0.5) is 10.2 Å². The SMILES string of the molecule is CCOc1cc(-c2cc(NCCn3c(C)cc4c(OC)ccc(F)c43)ncn2)ccc1OC(C)C(=O)O. The third kappa shape index (κ3) is 5.58. The van der Waals surface area contributed by atoms with Gasteiger partial charge in [0.1, 0.15) is 23.7 Å². The number of nitrogens with zero attached hydrogens (tertiary/aromatic N) is 3. The van der Waals surface area contributed by atoms with E-state index in [1.54, 1.807) is 37.4 Å². The lowest BCUT2D eigenvalue weighted by molar-refractivity contribution is -0.144. The van der Waals surface area contributed by atoms with Crippen LogP contribution in [-0.4, -0.2) is 52.0 Å². The molecule has 0 amide bonds. The number of carboxylic acid groups (broad SMARTS) is 1. The van der Waals surface area contributed by atoms with E-state index >= 15 is 0 Å². The summed E-state index contributed by atoms with van der Waals surface area (Å²) in [6.07, 6.45) is 0.436. The van der Waals surface area contributed by atoms with Gasteiger partial charge in [-0.15, -0.1) is 0 Å². The van der Waals surface area contributed by atoms with E-state index in [1.165, 1.54) is 19.3 Å². The molecule has 0 saturated heterocycles. The molecule has 2 heterocycles. The van der Waals surface area contributed by atoms with Crippen molar-refractivity contribution in [3.63, 3.8) is 0 Å². The summed E-state index contributed by atoms with van der Waals surface area (Å²) < 4.78 is 33.1. The lowest BCUT2D eigenvalue weighted by atomic mass is 10.1. The monoisotopic (exact) mass is 508 g/mol. The molecule has 0 aliphatic carbocycles. The largest absolute Gasteiger partial charge is 0.496 e. The number of hydrogen-bond donors (Lipinski definition) is 2. The summed E-state index contributed by atoms with van der Waals surface area (Å²) in [6, 6.07) is 12.0. The van der Waals surface area contributed by atoms with Gasteiger partial charge in [0.2, 0.25) is 0 Å². The molecule has 0 bridgehead atoms. The van der Waals surface area contributed by atoms with Gasteiger partial charge in [-0.1, -0.05) is 0 Å². The molecule has 0 fully saturated rings. The van der Waals surface area contributed by atoms with Crippen LogP contribution in [0.2, 0.25) is 0 Å². The molecule has 0 aliphatic heterocycles. The number of fused-ring (bicyclic) bond motifs is 1. The Morgan fingerprint density at radius 1 is 1.14 bits per heavy atom. The molecule has 194 valence electrons. The topological polar surface area (TPSA) is 108 Å². The highest BCUT2D eigenvalue weighted by molar-refractivity contribution is 5.88. The number of anilines is 1. The van der Waals surface area contributed by atoms with Gasteiger partial charge in [-0.05, 0) is 57.2 Å². The predicted octanol–water partition coefficient (Wildman–Crippen LogP) is 4.92. The number of aromatic nitrogens is 3. The summed E-state index contributed by atoms with van der Waals surface area (Å²) in [5.74, 6) is 0.633. The Kier molecular flexibility index (Phi) is 7.76. The van der Waals surface area contributed by atoms with Crippen LogP contribution in [0.3, 0.4) is 0 Å². The number of halogens is 1. The number of methoxy groups -OCH3 is 1. The van der Waals surface area contributed by atoms with Crippen LogP contribution in [0, 0.1) is 12.7 Å². The zero-order chi connectivity index (χ0) is 26.5. The molecular weight excluding hydrogens is 479 g/mol. The number of carbonyl (C=O) groups is 1.